The van der Waals surface area contributed by atoms with Gasteiger partial charge in [-0.25, -0.2) is 0 Å². The highest BCUT2D eigenvalue weighted by atomic mass is 32.1. The number of hydrogen-bond acceptors (Lipinski definition) is 4. The van der Waals surface area contributed by atoms with Crippen LogP contribution in [0, 0.1) is 6.92 Å². The summed E-state index contributed by atoms with van der Waals surface area (Å²) in [6.45, 7) is 6.14. The van der Waals surface area contributed by atoms with Gasteiger partial charge in [-0.1, -0.05) is 26.2 Å². The van der Waals surface area contributed by atoms with Crippen molar-refractivity contribution in [3.8, 4) is 0 Å². The highest BCUT2D eigenvalue weighted by Crippen LogP contribution is 2.35. The van der Waals surface area contributed by atoms with E-state index in [1.807, 2.05) is 20.9 Å². The van der Waals surface area contributed by atoms with Gasteiger partial charge in [-0.05, 0) is 20.3 Å². The number of rotatable bonds is 6. The molecule has 0 saturated heterocycles. The van der Waals surface area contributed by atoms with Crippen molar-refractivity contribution in [2.45, 2.75) is 52.5 Å². The summed E-state index contributed by atoms with van der Waals surface area (Å²) in [5.41, 5.74) is 7.57. The highest BCUT2D eigenvalue weighted by molar-refractivity contribution is 7.21. The van der Waals surface area contributed by atoms with E-state index in [1.54, 1.807) is 4.68 Å². The number of amides is 1. The summed E-state index contributed by atoms with van der Waals surface area (Å²) in [5, 5.41) is 8.29. The van der Waals surface area contributed by atoms with Gasteiger partial charge in [0, 0.05) is 13.1 Å². The van der Waals surface area contributed by atoms with Crippen LogP contribution in [0.4, 0.5) is 5.69 Å². The number of nitrogens with two attached hydrogens (primary N) is 1. The second kappa shape index (κ2) is 6.47. The first-order valence-electron chi connectivity index (χ1n) is 7.48. The molecule has 2 aromatic heterocycles. The summed E-state index contributed by atoms with van der Waals surface area (Å²) in [4.78, 5) is 13.9. The van der Waals surface area contributed by atoms with Crippen LogP contribution in [0.5, 0.6) is 0 Å². The maximum atomic E-state index is 12.4. The summed E-state index contributed by atoms with van der Waals surface area (Å²) in [5.74, 6) is -0.0721. The molecule has 1 atom stereocenters. The van der Waals surface area contributed by atoms with Gasteiger partial charge >= 0.3 is 0 Å². The molecule has 1 amide bonds. The van der Waals surface area contributed by atoms with Crippen LogP contribution in [-0.4, -0.2) is 21.7 Å². The predicted molar refractivity (Wildman–Crippen MR) is 88.8 cm³/mol. The summed E-state index contributed by atoms with van der Waals surface area (Å²) in [7, 11) is 1.88. The van der Waals surface area contributed by atoms with Gasteiger partial charge < -0.3 is 11.1 Å². The summed E-state index contributed by atoms with van der Waals surface area (Å²) >= 11 is 1.41. The topological polar surface area (TPSA) is 72.9 Å². The predicted octanol–water partition coefficient (Wildman–Crippen LogP) is 3.22. The van der Waals surface area contributed by atoms with E-state index in [2.05, 4.69) is 17.3 Å². The zero-order chi connectivity index (χ0) is 15.6. The fourth-order valence-corrected chi connectivity index (χ4v) is 3.65. The van der Waals surface area contributed by atoms with Crippen molar-refractivity contribution in [2.75, 3.05) is 5.73 Å². The monoisotopic (exact) mass is 308 g/mol. The van der Waals surface area contributed by atoms with E-state index in [-0.39, 0.29) is 11.9 Å². The Labute approximate surface area is 129 Å². The zero-order valence-corrected chi connectivity index (χ0v) is 14.0. The number of aromatic nitrogens is 2. The Kier molecular flexibility index (Phi) is 4.88. The molecule has 0 aromatic carbocycles. The van der Waals surface area contributed by atoms with Gasteiger partial charge in [0.15, 0.2) is 0 Å². The molecule has 5 nitrogen and oxygen atoms in total. The smallest absolute Gasteiger partial charge is 0.263 e. The van der Waals surface area contributed by atoms with Crippen molar-refractivity contribution in [1.29, 1.82) is 0 Å². The quantitative estimate of drug-likeness (QED) is 0.805. The van der Waals surface area contributed by atoms with Crippen molar-refractivity contribution in [3.05, 3.63) is 10.6 Å². The number of anilines is 1. The third-order valence-electron chi connectivity index (χ3n) is 3.71. The molecule has 0 saturated carbocycles. The molecule has 0 bridgehead atoms. The molecule has 0 aliphatic carbocycles. The average molecular weight is 308 g/mol. The number of fused-ring (bicyclic) bond motifs is 1. The Morgan fingerprint density at radius 3 is 2.81 bits per heavy atom. The standard InChI is InChI=1S/C15H24N4OS/c1-5-6-7-8-9(2)17-14(20)13-12(16)11-10(3)18-19(4)15(11)21-13/h9H,5-8,16H2,1-4H3,(H,17,20). The molecular weight excluding hydrogens is 284 g/mol. The SMILES string of the molecule is CCCCCC(C)NC(=O)c1sc2c(c(C)nn2C)c1N. The second-order valence-corrected chi connectivity index (χ2v) is 6.60. The van der Waals surface area contributed by atoms with E-state index in [0.717, 1.165) is 28.8 Å². The molecule has 2 rings (SSSR count). The molecule has 0 spiro atoms. The maximum Gasteiger partial charge on any atom is 0.263 e. The van der Waals surface area contributed by atoms with Crippen LogP contribution in [0.3, 0.4) is 0 Å². The lowest BCUT2D eigenvalue weighted by Crippen LogP contribution is -2.32. The number of carbonyl (C=O) groups excluding carboxylic acids is 1. The largest absolute Gasteiger partial charge is 0.397 e. The Bertz CT molecular complexity index is 644. The Morgan fingerprint density at radius 1 is 1.48 bits per heavy atom. The minimum Gasteiger partial charge on any atom is -0.397 e. The Morgan fingerprint density at radius 2 is 2.19 bits per heavy atom. The van der Waals surface area contributed by atoms with Crippen LogP contribution in [-0.2, 0) is 7.05 Å². The first-order valence-corrected chi connectivity index (χ1v) is 8.29. The molecule has 0 fully saturated rings. The van der Waals surface area contributed by atoms with Crippen LogP contribution in [0.2, 0.25) is 0 Å². The molecule has 0 aliphatic rings. The molecule has 2 heterocycles. The third-order valence-corrected chi connectivity index (χ3v) is 4.98. The molecule has 21 heavy (non-hydrogen) atoms. The van der Waals surface area contributed by atoms with Crippen LogP contribution in [0.25, 0.3) is 10.2 Å². The minimum absolute atomic E-state index is 0.0721. The van der Waals surface area contributed by atoms with Crippen LogP contribution in [0.1, 0.15) is 54.9 Å². The average Bonchev–Trinajstić information content (AvgIpc) is 2.89. The van der Waals surface area contributed by atoms with Gasteiger partial charge in [0.2, 0.25) is 0 Å². The maximum absolute atomic E-state index is 12.4. The normalized spacial score (nSPS) is 12.8. The lowest BCUT2D eigenvalue weighted by molar-refractivity contribution is 0.0943. The molecular formula is C15H24N4OS. The number of nitrogens with one attached hydrogen (secondary N) is 1. The molecule has 1 unspecified atom stereocenters. The fraction of sp³-hybridized carbons (Fsp3) is 0.600. The lowest BCUT2D eigenvalue weighted by Gasteiger charge is -2.13. The van der Waals surface area contributed by atoms with Gasteiger partial charge in [-0.2, -0.15) is 5.10 Å². The van der Waals surface area contributed by atoms with Crippen molar-refractivity contribution in [3.63, 3.8) is 0 Å². The van der Waals surface area contributed by atoms with Crippen LogP contribution < -0.4 is 11.1 Å². The van der Waals surface area contributed by atoms with E-state index in [1.165, 1.54) is 24.2 Å². The van der Waals surface area contributed by atoms with Gasteiger partial charge in [0.25, 0.3) is 5.91 Å². The van der Waals surface area contributed by atoms with Gasteiger partial charge in [-0.15, -0.1) is 11.3 Å². The molecule has 3 N–H and O–H groups in total. The van der Waals surface area contributed by atoms with Gasteiger partial charge in [-0.3, -0.25) is 9.48 Å². The summed E-state index contributed by atoms with van der Waals surface area (Å²) in [6, 6.07) is 0.174. The number of thiophene rings is 1. The summed E-state index contributed by atoms with van der Waals surface area (Å²) < 4.78 is 1.78. The molecule has 0 aliphatic heterocycles. The first kappa shape index (κ1) is 15.8. The van der Waals surface area contributed by atoms with Gasteiger partial charge in [0.1, 0.15) is 9.71 Å². The molecule has 2 aromatic rings. The van der Waals surface area contributed by atoms with Crippen LogP contribution >= 0.6 is 11.3 Å². The van der Waals surface area contributed by atoms with Crippen molar-refractivity contribution < 1.29 is 4.79 Å². The van der Waals surface area contributed by atoms with Crippen molar-refractivity contribution in [1.82, 2.24) is 15.1 Å². The number of aryl methyl sites for hydroxylation is 2. The van der Waals surface area contributed by atoms with E-state index in [4.69, 9.17) is 5.73 Å². The number of hydrogen-bond donors (Lipinski definition) is 2. The van der Waals surface area contributed by atoms with Crippen molar-refractivity contribution >= 4 is 33.1 Å². The minimum atomic E-state index is -0.0721. The van der Waals surface area contributed by atoms with E-state index in [9.17, 15) is 4.79 Å². The van der Waals surface area contributed by atoms with Crippen LogP contribution in [0.15, 0.2) is 0 Å². The van der Waals surface area contributed by atoms with E-state index >= 15 is 0 Å². The Hall–Kier alpha value is -1.56. The summed E-state index contributed by atoms with van der Waals surface area (Å²) in [6.07, 6.45) is 4.54. The van der Waals surface area contributed by atoms with Crippen molar-refractivity contribution in [2.24, 2.45) is 7.05 Å². The number of nitrogen functional groups attached to an aromatic ring is 1. The van der Waals surface area contributed by atoms with Gasteiger partial charge in [0.05, 0.1) is 16.8 Å². The number of carbonyl (C=O) groups is 1. The van der Waals surface area contributed by atoms with E-state index < -0.39 is 0 Å². The Balaban J connectivity index is 2.13. The first-order chi connectivity index (χ1) is 9.95. The third kappa shape index (κ3) is 3.20. The number of unbranched alkanes of at least 4 members (excludes halogenated alkanes) is 2. The van der Waals surface area contributed by atoms with E-state index in [0.29, 0.717) is 10.6 Å². The lowest BCUT2D eigenvalue weighted by atomic mass is 10.1. The highest BCUT2D eigenvalue weighted by Gasteiger charge is 2.21. The molecule has 116 valence electrons. The fourth-order valence-electron chi connectivity index (χ4n) is 2.56. The zero-order valence-electron chi connectivity index (χ0n) is 13.2. The number of nitrogens with zero attached hydrogens (tertiary/aromatic N) is 2. The molecule has 0 radical (unpaired) electrons. The second-order valence-electron chi connectivity index (χ2n) is 5.60. The molecule has 6 heteroatoms.